The minimum atomic E-state index is -0.410. The van der Waals surface area contributed by atoms with E-state index >= 15 is 0 Å². The smallest absolute Gasteiger partial charge is 0.242 e. The van der Waals surface area contributed by atoms with E-state index in [2.05, 4.69) is 10.6 Å². The Morgan fingerprint density at radius 2 is 2.30 bits per heavy atom. The van der Waals surface area contributed by atoms with Gasteiger partial charge in [0.1, 0.15) is 18.2 Å². The Hall–Kier alpha value is -2.24. The predicted octanol–water partition coefficient (Wildman–Crippen LogP) is 1.17. The number of amides is 2. The Kier molecular flexibility index (Phi) is 4.15. The summed E-state index contributed by atoms with van der Waals surface area (Å²) >= 11 is 0. The number of hydrogen-bond donors (Lipinski definition) is 2. The fourth-order valence-corrected chi connectivity index (χ4v) is 2.97. The summed E-state index contributed by atoms with van der Waals surface area (Å²) < 4.78 is 11.7. The quantitative estimate of drug-likeness (QED) is 0.799. The molecule has 2 N–H and O–H groups in total. The van der Waals surface area contributed by atoms with Gasteiger partial charge in [0.15, 0.2) is 11.5 Å². The molecule has 124 valence electrons. The lowest BCUT2D eigenvalue weighted by atomic mass is 10.0. The molecule has 1 aromatic rings. The number of benzene rings is 1. The molecule has 0 aromatic heterocycles. The molecule has 0 bridgehead atoms. The summed E-state index contributed by atoms with van der Waals surface area (Å²) in [5.74, 6) is 1.28. The Morgan fingerprint density at radius 3 is 3.04 bits per heavy atom. The topological polar surface area (TPSA) is 76.7 Å². The fourth-order valence-electron chi connectivity index (χ4n) is 2.97. The highest BCUT2D eigenvalue weighted by molar-refractivity contribution is 5.90. The van der Waals surface area contributed by atoms with Crippen molar-refractivity contribution in [3.63, 3.8) is 0 Å². The Bertz CT molecular complexity index is 627. The molecule has 2 aliphatic rings. The summed E-state index contributed by atoms with van der Waals surface area (Å²) in [5.41, 5.74) is 0.932. The van der Waals surface area contributed by atoms with E-state index in [0.717, 1.165) is 17.7 Å². The van der Waals surface area contributed by atoms with Gasteiger partial charge in [-0.05, 0) is 26.3 Å². The minimum absolute atomic E-state index is 0.0685. The summed E-state index contributed by atoms with van der Waals surface area (Å²) in [6.07, 6.45) is 1.83. The van der Waals surface area contributed by atoms with Gasteiger partial charge in [0.2, 0.25) is 11.8 Å². The molecule has 0 unspecified atom stereocenters. The maximum Gasteiger partial charge on any atom is 0.242 e. The number of fused-ring (bicyclic) bond motifs is 1. The molecule has 2 aliphatic heterocycles. The molecule has 1 saturated heterocycles. The third-order valence-electron chi connectivity index (χ3n) is 4.03. The summed E-state index contributed by atoms with van der Waals surface area (Å²) in [6.45, 7) is 4.84. The molecule has 1 fully saturated rings. The molecule has 2 amide bonds. The number of carbonyl (C=O) groups is 2. The van der Waals surface area contributed by atoms with Crippen molar-refractivity contribution in [2.24, 2.45) is 0 Å². The molecule has 6 heteroatoms. The normalized spacial score (nSPS) is 21.3. The van der Waals surface area contributed by atoms with Gasteiger partial charge in [-0.15, -0.1) is 0 Å². The molecule has 1 atom stereocenters. The maximum absolute atomic E-state index is 11.9. The van der Waals surface area contributed by atoms with E-state index in [9.17, 15) is 9.59 Å². The SMILES string of the molecule is CC1(C)Cc2cccc(OCCNC(=O)[C@H]3CCC(=O)N3)c2O1. The molecular weight excluding hydrogens is 296 g/mol. The second-order valence-electron chi connectivity index (χ2n) is 6.58. The van der Waals surface area contributed by atoms with Crippen LogP contribution >= 0.6 is 0 Å². The number of ether oxygens (including phenoxy) is 2. The van der Waals surface area contributed by atoms with Crippen LogP contribution < -0.4 is 20.1 Å². The van der Waals surface area contributed by atoms with Crippen LogP contribution in [-0.4, -0.2) is 36.6 Å². The molecule has 0 spiro atoms. The van der Waals surface area contributed by atoms with Crippen molar-refractivity contribution in [2.45, 2.75) is 44.8 Å². The van der Waals surface area contributed by atoms with Gasteiger partial charge in [-0.2, -0.15) is 0 Å². The zero-order chi connectivity index (χ0) is 16.4. The van der Waals surface area contributed by atoms with E-state index < -0.39 is 6.04 Å². The third-order valence-corrected chi connectivity index (χ3v) is 4.03. The van der Waals surface area contributed by atoms with Crippen molar-refractivity contribution in [1.29, 1.82) is 0 Å². The van der Waals surface area contributed by atoms with Gasteiger partial charge in [-0.3, -0.25) is 9.59 Å². The van der Waals surface area contributed by atoms with Gasteiger partial charge >= 0.3 is 0 Å². The third kappa shape index (κ3) is 3.57. The van der Waals surface area contributed by atoms with Crippen LogP contribution in [0.25, 0.3) is 0 Å². The number of para-hydroxylation sites is 1. The Morgan fingerprint density at radius 1 is 1.48 bits per heavy atom. The fraction of sp³-hybridized carbons (Fsp3) is 0.529. The lowest BCUT2D eigenvalue weighted by Gasteiger charge is -2.18. The number of rotatable bonds is 5. The van der Waals surface area contributed by atoms with Crippen LogP contribution in [0.4, 0.5) is 0 Å². The predicted molar refractivity (Wildman–Crippen MR) is 84.5 cm³/mol. The van der Waals surface area contributed by atoms with Crippen molar-refractivity contribution >= 4 is 11.8 Å². The first-order valence-electron chi connectivity index (χ1n) is 7.95. The molecule has 3 rings (SSSR count). The van der Waals surface area contributed by atoms with Gasteiger partial charge in [0, 0.05) is 18.4 Å². The monoisotopic (exact) mass is 318 g/mol. The van der Waals surface area contributed by atoms with Crippen molar-refractivity contribution in [1.82, 2.24) is 10.6 Å². The molecule has 23 heavy (non-hydrogen) atoms. The van der Waals surface area contributed by atoms with E-state index in [1.165, 1.54) is 0 Å². The summed E-state index contributed by atoms with van der Waals surface area (Å²) in [6, 6.07) is 5.46. The highest BCUT2D eigenvalue weighted by atomic mass is 16.5. The van der Waals surface area contributed by atoms with Crippen molar-refractivity contribution in [2.75, 3.05) is 13.2 Å². The van der Waals surface area contributed by atoms with Crippen LogP contribution in [0, 0.1) is 0 Å². The molecule has 6 nitrogen and oxygen atoms in total. The molecule has 0 saturated carbocycles. The van der Waals surface area contributed by atoms with Crippen molar-refractivity contribution in [3.05, 3.63) is 23.8 Å². The van der Waals surface area contributed by atoms with Crippen LogP contribution in [0.1, 0.15) is 32.3 Å². The van der Waals surface area contributed by atoms with Gasteiger partial charge in [-0.25, -0.2) is 0 Å². The van der Waals surface area contributed by atoms with Crippen molar-refractivity contribution in [3.8, 4) is 11.5 Å². The van der Waals surface area contributed by atoms with Crippen LogP contribution in [-0.2, 0) is 16.0 Å². The van der Waals surface area contributed by atoms with Crippen LogP contribution in [0.5, 0.6) is 11.5 Å². The average molecular weight is 318 g/mol. The van der Waals surface area contributed by atoms with Crippen LogP contribution in [0.3, 0.4) is 0 Å². The van der Waals surface area contributed by atoms with E-state index in [1.807, 2.05) is 32.0 Å². The van der Waals surface area contributed by atoms with Gasteiger partial charge in [-0.1, -0.05) is 12.1 Å². The van der Waals surface area contributed by atoms with Gasteiger partial charge < -0.3 is 20.1 Å². The van der Waals surface area contributed by atoms with E-state index in [0.29, 0.717) is 31.7 Å². The first kappa shape index (κ1) is 15.6. The van der Waals surface area contributed by atoms with Crippen LogP contribution in [0.2, 0.25) is 0 Å². The van der Waals surface area contributed by atoms with E-state index in [1.54, 1.807) is 0 Å². The Labute approximate surface area is 135 Å². The highest BCUT2D eigenvalue weighted by Crippen LogP contribution is 2.41. The van der Waals surface area contributed by atoms with Crippen LogP contribution in [0.15, 0.2) is 18.2 Å². The zero-order valence-electron chi connectivity index (χ0n) is 13.5. The summed E-state index contributed by atoms with van der Waals surface area (Å²) in [5, 5.41) is 5.42. The number of hydrogen-bond acceptors (Lipinski definition) is 4. The second kappa shape index (κ2) is 6.10. The highest BCUT2D eigenvalue weighted by Gasteiger charge is 2.32. The molecular formula is C17H22N2O4. The molecule has 0 radical (unpaired) electrons. The standard InChI is InChI=1S/C17H22N2O4/c1-17(2)10-11-4-3-5-13(15(11)23-17)22-9-8-18-16(21)12-6-7-14(20)19-12/h3-5,12H,6-10H2,1-2H3,(H,18,21)(H,19,20)/t12-/m1/s1. The minimum Gasteiger partial charge on any atom is -0.488 e. The van der Waals surface area contributed by atoms with Gasteiger partial charge in [0.05, 0.1) is 6.54 Å². The van der Waals surface area contributed by atoms with E-state index in [-0.39, 0.29) is 17.4 Å². The maximum atomic E-state index is 11.9. The number of carbonyl (C=O) groups excluding carboxylic acids is 2. The second-order valence-corrected chi connectivity index (χ2v) is 6.58. The molecule has 2 heterocycles. The number of nitrogens with one attached hydrogen (secondary N) is 2. The molecule has 0 aliphatic carbocycles. The average Bonchev–Trinajstić information content (AvgIpc) is 3.05. The lowest BCUT2D eigenvalue weighted by molar-refractivity contribution is -0.125. The largest absolute Gasteiger partial charge is 0.488 e. The van der Waals surface area contributed by atoms with E-state index in [4.69, 9.17) is 9.47 Å². The van der Waals surface area contributed by atoms with Gasteiger partial charge in [0.25, 0.3) is 0 Å². The molecule has 1 aromatic carbocycles. The first-order chi connectivity index (χ1) is 10.9. The zero-order valence-corrected chi connectivity index (χ0v) is 13.5. The first-order valence-corrected chi connectivity index (χ1v) is 7.95. The van der Waals surface area contributed by atoms with Crippen molar-refractivity contribution < 1.29 is 19.1 Å². The lowest BCUT2D eigenvalue weighted by Crippen LogP contribution is -2.42. The summed E-state index contributed by atoms with van der Waals surface area (Å²) in [7, 11) is 0. The summed E-state index contributed by atoms with van der Waals surface area (Å²) in [4.78, 5) is 23.0. The Balaban J connectivity index is 1.48.